The second-order valence-electron chi connectivity index (χ2n) is 4.42. The van der Waals surface area contributed by atoms with Gasteiger partial charge in [0.1, 0.15) is 0 Å². The SMILES string of the molecule is CCCCCC(C)(O)c1ccc(C#N)cc1. The molecular formula is C14H19NO. The van der Waals surface area contributed by atoms with Gasteiger partial charge in [0, 0.05) is 0 Å². The van der Waals surface area contributed by atoms with Crippen LogP contribution in [0.3, 0.4) is 0 Å². The highest BCUT2D eigenvalue weighted by molar-refractivity contribution is 5.33. The molecule has 1 aromatic carbocycles. The fourth-order valence-electron chi connectivity index (χ4n) is 1.77. The normalized spacial score (nSPS) is 14.1. The monoisotopic (exact) mass is 217 g/mol. The highest BCUT2D eigenvalue weighted by Crippen LogP contribution is 2.26. The van der Waals surface area contributed by atoms with Gasteiger partial charge in [-0.15, -0.1) is 0 Å². The number of nitrogens with zero attached hydrogens (tertiary/aromatic N) is 1. The molecule has 1 atom stereocenters. The highest BCUT2D eigenvalue weighted by atomic mass is 16.3. The lowest BCUT2D eigenvalue weighted by atomic mass is 9.90. The third-order valence-corrected chi connectivity index (χ3v) is 2.90. The molecule has 2 nitrogen and oxygen atoms in total. The molecule has 1 rings (SSSR count). The lowest BCUT2D eigenvalue weighted by Gasteiger charge is -2.23. The van der Waals surface area contributed by atoms with Gasteiger partial charge in [0.25, 0.3) is 0 Å². The van der Waals surface area contributed by atoms with Gasteiger partial charge in [-0.2, -0.15) is 5.26 Å². The predicted molar refractivity (Wildman–Crippen MR) is 64.9 cm³/mol. The van der Waals surface area contributed by atoms with Gasteiger partial charge >= 0.3 is 0 Å². The van der Waals surface area contributed by atoms with Crippen LogP contribution in [-0.2, 0) is 5.60 Å². The summed E-state index contributed by atoms with van der Waals surface area (Å²) in [5.41, 5.74) is 0.749. The summed E-state index contributed by atoms with van der Waals surface area (Å²) in [6.07, 6.45) is 4.10. The van der Waals surface area contributed by atoms with Crippen molar-refractivity contribution >= 4 is 0 Å². The standard InChI is InChI=1S/C14H19NO/c1-3-4-5-10-14(2,16)13-8-6-12(11-15)7-9-13/h6-9,16H,3-5,10H2,1-2H3. The van der Waals surface area contributed by atoms with E-state index in [0.29, 0.717) is 5.56 Å². The van der Waals surface area contributed by atoms with Crippen LogP contribution in [0, 0.1) is 11.3 Å². The maximum absolute atomic E-state index is 10.3. The third-order valence-electron chi connectivity index (χ3n) is 2.90. The van der Waals surface area contributed by atoms with Gasteiger partial charge in [-0.1, -0.05) is 38.3 Å². The second-order valence-corrected chi connectivity index (χ2v) is 4.42. The molecule has 0 aromatic heterocycles. The molecule has 0 aliphatic rings. The van der Waals surface area contributed by atoms with Gasteiger partial charge in [-0.05, 0) is 31.0 Å². The fraction of sp³-hybridized carbons (Fsp3) is 0.500. The van der Waals surface area contributed by atoms with Crippen molar-refractivity contribution in [2.45, 2.75) is 45.1 Å². The van der Waals surface area contributed by atoms with E-state index in [1.165, 1.54) is 0 Å². The number of benzene rings is 1. The van der Waals surface area contributed by atoms with Crippen molar-refractivity contribution in [2.24, 2.45) is 0 Å². The zero-order valence-electron chi connectivity index (χ0n) is 10.0. The summed E-state index contributed by atoms with van der Waals surface area (Å²) in [5.74, 6) is 0. The van der Waals surface area contributed by atoms with Crippen LogP contribution in [0.15, 0.2) is 24.3 Å². The first-order valence-corrected chi connectivity index (χ1v) is 5.83. The Labute approximate surface area is 97.5 Å². The quantitative estimate of drug-likeness (QED) is 0.769. The molecule has 16 heavy (non-hydrogen) atoms. The summed E-state index contributed by atoms with van der Waals surface area (Å²) in [6, 6.07) is 9.26. The van der Waals surface area contributed by atoms with Gasteiger partial charge in [-0.3, -0.25) is 0 Å². The number of hydrogen-bond donors (Lipinski definition) is 1. The van der Waals surface area contributed by atoms with E-state index in [0.717, 1.165) is 31.2 Å². The van der Waals surface area contributed by atoms with Crippen molar-refractivity contribution in [3.63, 3.8) is 0 Å². The molecule has 0 saturated carbocycles. The zero-order valence-corrected chi connectivity index (χ0v) is 10.0. The molecular weight excluding hydrogens is 198 g/mol. The van der Waals surface area contributed by atoms with E-state index >= 15 is 0 Å². The number of nitriles is 1. The summed E-state index contributed by atoms with van der Waals surface area (Å²) in [4.78, 5) is 0. The van der Waals surface area contributed by atoms with Crippen molar-refractivity contribution in [1.29, 1.82) is 5.26 Å². The van der Waals surface area contributed by atoms with Crippen molar-refractivity contribution < 1.29 is 5.11 Å². The second kappa shape index (κ2) is 5.67. The van der Waals surface area contributed by atoms with Gasteiger partial charge in [0.15, 0.2) is 0 Å². The van der Waals surface area contributed by atoms with E-state index in [9.17, 15) is 5.11 Å². The molecule has 0 amide bonds. The number of rotatable bonds is 5. The van der Waals surface area contributed by atoms with Gasteiger partial charge < -0.3 is 5.11 Å². The average molecular weight is 217 g/mol. The van der Waals surface area contributed by atoms with Crippen molar-refractivity contribution in [3.05, 3.63) is 35.4 Å². The van der Waals surface area contributed by atoms with Crippen LogP contribution in [-0.4, -0.2) is 5.11 Å². The molecule has 1 unspecified atom stereocenters. The minimum Gasteiger partial charge on any atom is -0.385 e. The molecule has 0 heterocycles. The predicted octanol–water partition coefficient (Wildman–Crippen LogP) is 3.35. The Bertz CT molecular complexity index is 359. The lowest BCUT2D eigenvalue weighted by molar-refractivity contribution is 0.0450. The Kier molecular flexibility index (Phi) is 4.52. The number of unbranched alkanes of at least 4 members (excludes halogenated alkanes) is 2. The summed E-state index contributed by atoms with van der Waals surface area (Å²) in [7, 11) is 0. The van der Waals surface area contributed by atoms with Gasteiger partial charge in [-0.25, -0.2) is 0 Å². The molecule has 0 spiro atoms. The largest absolute Gasteiger partial charge is 0.385 e. The molecule has 2 heteroatoms. The Morgan fingerprint density at radius 3 is 2.38 bits per heavy atom. The molecule has 86 valence electrons. The minimum atomic E-state index is -0.775. The number of aliphatic hydroxyl groups is 1. The van der Waals surface area contributed by atoms with Crippen molar-refractivity contribution in [1.82, 2.24) is 0 Å². The zero-order chi connectivity index (χ0) is 12.0. The van der Waals surface area contributed by atoms with E-state index in [-0.39, 0.29) is 0 Å². The maximum atomic E-state index is 10.3. The van der Waals surface area contributed by atoms with Crippen LogP contribution in [0.25, 0.3) is 0 Å². The van der Waals surface area contributed by atoms with E-state index < -0.39 is 5.60 Å². The first-order chi connectivity index (χ1) is 7.60. The van der Waals surface area contributed by atoms with E-state index in [4.69, 9.17) is 5.26 Å². The van der Waals surface area contributed by atoms with Crippen LogP contribution >= 0.6 is 0 Å². The Hall–Kier alpha value is -1.33. The van der Waals surface area contributed by atoms with Crippen LogP contribution in [0.5, 0.6) is 0 Å². The summed E-state index contributed by atoms with van der Waals surface area (Å²) < 4.78 is 0. The molecule has 0 aliphatic heterocycles. The molecule has 0 radical (unpaired) electrons. The van der Waals surface area contributed by atoms with Gasteiger partial charge in [0.2, 0.25) is 0 Å². The minimum absolute atomic E-state index is 0.633. The van der Waals surface area contributed by atoms with Crippen molar-refractivity contribution in [2.75, 3.05) is 0 Å². The summed E-state index contributed by atoms with van der Waals surface area (Å²) in [5, 5.41) is 19.0. The molecule has 1 aromatic rings. The Balaban J connectivity index is 2.70. The lowest BCUT2D eigenvalue weighted by Crippen LogP contribution is -2.20. The van der Waals surface area contributed by atoms with E-state index in [2.05, 4.69) is 13.0 Å². The Morgan fingerprint density at radius 1 is 1.25 bits per heavy atom. The first kappa shape index (κ1) is 12.7. The fourth-order valence-corrected chi connectivity index (χ4v) is 1.77. The molecule has 0 bridgehead atoms. The van der Waals surface area contributed by atoms with E-state index in [1.54, 1.807) is 12.1 Å². The van der Waals surface area contributed by atoms with Crippen molar-refractivity contribution in [3.8, 4) is 6.07 Å². The third kappa shape index (κ3) is 3.36. The Morgan fingerprint density at radius 2 is 1.88 bits per heavy atom. The van der Waals surface area contributed by atoms with E-state index in [1.807, 2.05) is 19.1 Å². The van der Waals surface area contributed by atoms with Gasteiger partial charge in [0.05, 0.1) is 17.2 Å². The van der Waals surface area contributed by atoms with Crippen LogP contribution in [0.4, 0.5) is 0 Å². The van der Waals surface area contributed by atoms with Crippen LogP contribution in [0.1, 0.15) is 50.7 Å². The highest BCUT2D eigenvalue weighted by Gasteiger charge is 2.21. The summed E-state index contributed by atoms with van der Waals surface area (Å²) >= 11 is 0. The maximum Gasteiger partial charge on any atom is 0.0991 e. The smallest absolute Gasteiger partial charge is 0.0991 e. The topological polar surface area (TPSA) is 44.0 Å². The van der Waals surface area contributed by atoms with Crippen LogP contribution in [0.2, 0.25) is 0 Å². The van der Waals surface area contributed by atoms with Crippen LogP contribution < -0.4 is 0 Å². The molecule has 0 fully saturated rings. The molecule has 0 aliphatic carbocycles. The molecule has 1 N–H and O–H groups in total. The average Bonchev–Trinajstić information content (AvgIpc) is 2.29. The molecule has 0 saturated heterocycles. The first-order valence-electron chi connectivity index (χ1n) is 5.83. The summed E-state index contributed by atoms with van der Waals surface area (Å²) in [6.45, 7) is 3.99. The number of hydrogen-bond acceptors (Lipinski definition) is 2.